The fourth-order valence-corrected chi connectivity index (χ4v) is 18.3. The fraction of sp³-hybridized carbons (Fsp3) is 0.550. The van der Waals surface area contributed by atoms with Crippen LogP contribution < -0.4 is 0 Å². The molecule has 7 heteroatoms. The SMILES string of the molecule is PC(c1cnccn1)(c1cnccn1)c1[cH-]ccc1CP(C12CC3CC(CC(C3)C1)C2)C12CC3CC(CC(C3)C1)C2.[Fe+2].c1cc[cH-]c1. The Hall–Kier alpha value is -1.76. The van der Waals surface area contributed by atoms with Crippen molar-refractivity contribution in [2.24, 2.45) is 35.5 Å². The normalized spacial score (nSPS) is 35.2. The average molecular weight is 703 g/mol. The molecule has 0 saturated heterocycles. The minimum atomic E-state index is -0.550. The van der Waals surface area contributed by atoms with Crippen LogP contribution in [0.25, 0.3) is 0 Å². The third-order valence-corrected chi connectivity index (χ3v) is 18.3. The molecule has 2 aromatic carbocycles. The summed E-state index contributed by atoms with van der Waals surface area (Å²) in [4.78, 5) is 18.8. The van der Waals surface area contributed by atoms with Crippen LogP contribution in [0.3, 0.4) is 0 Å². The predicted octanol–water partition coefficient (Wildman–Crippen LogP) is 9.47. The van der Waals surface area contributed by atoms with Crippen LogP contribution in [0.2, 0.25) is 0 Å². The Labute approximate surface area is 295 Å². The van der Waals surface area contributed by atoms with Crippen molar-refractivity contribution in [2.75, 3.05) is 0 Å². The molecule has 8 aliphatic rings. The molecule has 8 bridgehead atoms. The zero-order valence-electron chi connectivity index (χ0n) is 27.4. The smallest absolute Gasteiger partial charge is 0.261 e. The molecular weight excluding hydrogens is 654 g/mol. The van der Waals surface area contributed by atoms with Crippen molar-refractivity contribution >= 4 is 17.2 Å². The molecule has 0 aliphatic heterocycles. The van der Waals surface area contributed by atoms with Crippen molar-refractivity contribution in [1.29, 1.82) is 0 Å². The van der Waals surface area contributed by atoms with Gasteiger partial charge in [0.1, 0.15) is 0 Å². The zero-order valence-corrected chi connectivity index (χ0v) is 30.6. The van der Waals surface area contributed by atoms with Crippen LogP contribution in [-0.4, -0.2) is 30.2 Å². The molecule has 8 saturated carbocycles. The van der Waals surface area contributed by atoms with Crippen LogP contribution in [0.15, 0.2) is 85.7 Å². The van der Waals surface area contributed by atoms with E-state index in [-0.39, 0.29) is 25.0 Å². The molecule has 2 heterocycles. The van der Waals surface area contributed by atoms with Gasteiger partial charge in [-0.3, -0.25) is 19.9 Å². The maximum Gasteiger partial charge on any atom is 2.00 e. The average Bonchev–Trinajstić information content (AvgIpc) is 3.79. The number of hydrogen-bond acceptors (Lipinski definition) is 4. The maximum atomic E-state index is 4.87. The second-order valence-electron chi connectivity index (χ2n) is 16.3. The van der Waals surface area contributed by atoms with Crippen molar-refractivity contribution in [1.82, 2.24) is 19.9 Å². The van der Waals surface area contributed by atoms with Crippen molar-refractivity contribution in [3.05, 3.63) is 108 Å². The van der Waals surface area contributed by atoms with Gasteiger partial charge >= 0.3 is 17.1 Å². The Morgan fingerprint density at radius 2 is 1.13 bits per heavy atom. The molecule has 0 spiro atoms. The molecule has 2 aromatic heterocycles. The number of aromatic nitrogens is 4. The van der Waals surface area contributed by atoms with Gasteiger partial charge in [0.05, 0.1) is 16.5 Å². The molecule has 0 radical (unpaired) electrons. The van der Waals surface area contributed by atoms with Crippen molar-refractivity contribution in [3.8, 4) is 0 Å². The molecular formula is C40H48FeN4P2. The third kappa shape index (κ3) is 5.74. The van der Waals surface area contributed by atoms with Gasteiger partial charge in [-0.15, -0.1) is 22.7 Å². The summed E-state index contributed by atoms with van der Waals surface area (Å²) in [6.45, 7) is 0. The molecule has 4 aromatic rings. The van der Waals surface area contributed by atoms with E-state index >= 15 is 0 Å². The van der Waals surface area contributed by atoms with Crippen LogP contribution >= 0.6 is 17.2 Å². The quantitative estimate of drug-likeness (QED) is 0.109. The minimum Gasteiger partial charge on any atom is -0.261 e. The largest absolute Gasteiger partial charge is 2.00 e. The van der Waals surface area contributed by atoms with Gasteiger partial charge in [-0.05, 0) is 123 Å². The molecule has 12 rings (SSSR count). The van der Waals surface area contributed by atoms with Crippen molar-refractivity contribution in [2.45, 2.75) is 98.7 Å². The molecule has 8 aliphatic carbocycles. The Bertz CT molecular complexity index is 1450. The molecule has 246 valence electrons. The van der Waals surface area contributed by atoms with E-state index in [1.165, 1.54) is 50.3 Å². The van der Waals surface area contributed by atoms with Gasteiger partial charge in [0.15, 0.2) is 0 Å². The van der Waals surface area contributed by atoms with Crippen molar-refractivity contribution in [3.63, 3.8) is 0 Å². The second kappa shape index (κ2) is 12.8. The van der Waals surface area contributed by atoms with Gasteiger partial charge in [-0.1, -0.05) is 6.16 Å². The Morgan fingerprint density at radius 3 is 1.49 bits per heavy atom. The minimum absolute atomic E-state index is 0. The van der Waals surface area contributed by atoms with Crippen LogP contribution in [-0.2, 0) is 28.4 Å². The van der Waals surface area contributed by atoms with Gasteiger partial charge in [-0.25, -0.2) is 18.2 Å². The van der Waals surface area contributed by atoms with E-state index in [0.29, 0.717) is 10.3 Å². The topological polar surface area (TPSA) is 51.6 Å². The number of rotatable bonds is 7. The van der Waals surface area contributed by atoms with Gasteiger partial charge in [0.25, 0.3) is 0 Å². The molecule has 1 unspecified atom stereocenters. The standard InChI is InChI=1S/C35H43N4P2.C5H5.Fe/c40-35(31-20-36-4-6-38-31,32-21-37-5-7-39-32)30-3-1-2-29(30)22-41(33-14-23-8-24(15-33)10-25(9-23)16-33)34-17-26-11-27(18-34)13-28(12-26)19-34;1-2-4-5-3-1;/h1-7,20-21,23-28H,8-19,22,40H2;1-5H;/q2*-1;+2. The van der Waals surface area contributed by atoms with Gasteiger partial charge in [0.2, 0.25) is 0 Å². The Morgan fingerprint density at radius 1 is 0.681 bits per heavy atom. The molecule has 1 atom stereocenters. The third-order valence-electron chi connectivity index (χ3n) is 13.3. The van der Waals surface area contributed by atoms with Crippen LogP contribution in [0.1, 0.15) is 99.6 Å². The van der Waals surface area contributed by atoms with E-state index in [1.807, 2.05) is 55.1 Å². The Kier molecular flexibility index (Phi) is 8.87. The van der Waals surface area contributed by atoms with Crippen LogP contribution in [0.5, 0.6) is 0 Å². The molecule has 4 nitrogen and oxygen atoms in total. The first-order valence-corrected chi connectivity index (χ1v) is 20.1. The van der Waals surface area contributed by atoms with E-state index in [2.05, 4.69) is 37.4 Å². The molecule has 8 fully saturated rings. The Balaban J connectivity index is 0.000000497. The van der Waals surface area contributed by atoms with Crippen LogP contribution in [0.4, 0.5) is 0 Å². The summed E-state index contributed by atoms with van der Waals surface area (Å²) in [5, 5.41) is 0.686. The van der Waals surface area contributed by atoms with E-state index in [9.17, 15) is 0 Å². The van der Waals surface area contributed by atoms with Gasteiger partial charge in [-0.2, -0.15) is 35.9 Å². The number of hydrogen-bond donors (Lipinski definition) is 0. The molecule has 0 amide bonds. The van der Waals surface area contributed by atoms with E-state index in [4.69, 9.17) is 9.97 Å². The summed E-state index contributed by atoms with van der Waals surface area (Å²) >= 11 is 0. The van der Waals surface area contributed by atoms with E-state index in [1.54, 1.807) is 56.5 Å². The summed E-state index contributed by atoms with van der Waals surface area (Å²) in [6, 6.07) is 17.1. The summed E-state index contributed by atoms with van der Waals surface area (Å²) < 4.78 is 0. The van der Waals surface area contributed by atoms with E-state index in [0.717, 1.165) is 46.9 Å². The predicted molar refractivity (Wildman–Crippen MR) is 190 cm³/mol. The summed E-state index contributed by atoms with van der Waals surface area (Å²) in [5.41, 5.74) is 4.78. The van der Waals surface area contributed by atoms with E-state index < -0.39 is 5.16 Å². The first kappa shape index (κ1) is 32.4. The number of nitrogens with zero attached hydrogens (tertiary/aromatic N) is 4. The first-order chi connectivity index (χ1) is 22.5. The monoisotopic (exact) mass is 702 g/mol. The zero-order chi connectivity index (χ0) is 30.8. The summed E-state index contributed by atoms with van der Waals surface area (Å²) in [6.07, 6.45) is 30.9. The first-order valence-electron chi connectivity index (χ1n) is 18.0. The molecule has 0 N–H and O–H groups in total. The second-order valence-corrected chi connectivity index (χ2v) is 20.2. The summed E-state index contributed by atoms with van der Waals surface area (Å²) in [5.74, 6) is 6.08. The van der Waals surface area contributed by atoms with Crippen LogP contribution in [0, 0.1) is 35.5 Å². The van der Waals surface area contributed by atoms with Crippen molar-refractivity contribution < 1.29 is 17.1 Å². The van der Waals surface area contributed by atoms with Gasteiger partial charge in [0, 0.05) is 37.2 Å². The molecule has 47 heavy (non-hydrogen) atoms. The maximum absolute atomic E-state index is 4.87. The van der Waals surface area contributed by atoms with Gasteiger partial charge < -0.3 is 0 Å². The summed E-state index contributed by atoms with van der Waals surface area (Å²) in [7, 11) is 3.04. The fourth-order valence-electron chi connectivity index (χ4n) is 12.5.